The maximum absolute atomic E-state index is 12.4. The van der Waals surface area contributed by atoms with Crippen LogP contribution in [-0.2, 0) is 21.2 Å². The van der Waals surface area contributed by atoms with Crippen molar-refractivity contribution in [1.82, 2.24) is 19.4 Å². The summed E-state index contributed by atoms with van der Waals surface area (Å²) in [6.45, 7) is 6.70. The Bertz CT molecular complexity index is 856. The van der Waals surface area contributed by atoms with Gasteiger partial charge in [0.1, 0.15) is 5.82 Å². The van der Waals surface area contributed by atoms with E-state index in [-0.39, 0.29) is 23.0 Å². The molecule has 1 fully saturated rings. The highest BCUT2D eigenvalue weighted by Gasteiger charge is 2.23. The zero-order valence-corrected chi connectivity index (χ0v) is 16.4. The normalized spacial score (nSPS) is 15.8. The van der Waals surface area contributed by atoms with E-state index in [9.17, 15) is 13.2 Å². The number of hydrogen-bond donors (Lipinski definition) is 0. The first-order valence-electron chi connectivity index (χ1n) is 9.21. The molecular weight excluding hydrogens is 364 g/mol. The number of aromatic nitrogens is 2. The molecule has 0 spiro atoms. The number of hydrogen-bond acceptors (Lipinski definition) is 5. The lowest BCUT2D eigenvalue weighted by molar-refractivity contribution is -0.132. The van der Waals surface area contributed by atoms with Crippen molar-refractivity contribution in [2.45, 2.75) is 24.8 Å². The van der Waals surface area contributed by atoms with Gasteiger partial charge in [0, 0.05) is 58.1 Å². The molecule has 2 aromatic rings. The number of amides is 1. The van der Waals surface area contributed by atoms with Gasteiger partial charge < -0.3 is 9.47 Å². The van der Waals surface area contributed by atoms with Crippen LogP contribution in [-0.4, -0.2) is 72.2 Å². The van der Waals surface area contributed by atoms with Crippen LogP contribution in [0.3, 0.4) is 0 Å². The van der Waals surface area contributed by atoms with Crippen LogP contribution in [0.1, 0.15) is 12.2 Å². The van der Waals surface area contributed by atoms with Gasteiger partial charge >= 0.3 is 0 Å². The van der Waals surface area contributed by atoms with Crippen molar-refractivity contribution in [3.63, 3.8) is 0 Å². The van der Waals surface area contributed by atoms with Crippen molar-refractivity contribution < 1.29 is 13.2 Å². The second kappa shape index (κ2) is 8.67. The molecule has 0 atom stereocenters. The molecule has 1 aromatic carbocycles. The Hall–Kier alpha value is -2.19. The predicted octanol–water partition coefficient (Wildman–Crippen LogP) is 1.20. The van der Waals surface area contributed by atoms with Crippen LogP contribution in [0.15, 0.2) is 47.6 Å². The zero-order chi connectivity index (χ0) is 19.3. The number of rotatable bonds is 7. The van der Waals surface area contributed by atoms with Gasteiger partial charge in [-0.1, -0.05) is 18.2 Å². The molecule has 0 saturated carbocycles. The molecule has 0 bridgehead atoms. The molecule has 8 heteroatoms. The summed E-state index contributed by atoms with van der Waals surface area (Å²) in [5.41, 5.74) is 0. The van der Waals surface area contributed by atoms with E-state index in [1.54, 1.807) is 41.4 Å². The van der Waals surface area contributed by atoms with Crippen LogP contribution >= 0.6 is 0 Å². The quantitative estimate of drug-likeness (QED) is 0.710. The minimum Gasteiger partial charge on any atom is -0.340 e. The fraction of sp³-hybridized carbons (Fsp3) is 0.474. The van der Waals surface area contributed by atoms with Gasteiger partial charge in [-0.2, -0.15) is 0 Å². The number of carbonyl (C=O) groups excluding carboxylic acids is 1. The summed E-state index contributed by atoms with van der Waals surface area (Å²) in [5, 5.41) is 0. The number of benzene rings is 1. The summed E-state index contributed by atoms with van der Waals surface area (Å²) in [7, 11) is -3.41. The smallest absolute Gasteiger partial charge is 0.223 e. The Morgan fingerprint density at radius 3 is 2.41 bits per heavy atom. The lowest BCUT2D eigenvalue weighted by atomic mass is 10.3. The van der Waals surface area contributed by atoms with Crippen molar-refractivity contribution >= 4 is 15.7 Å². The topological polar surface area (TPSA) is 75.5 Å². The molecule has 1 aliphatic rings. The lowest BCUT2D eigenvalue weighted by Crippen LogP contribution is -2.49. The van der Waals surface area contributed by atoms with Crippen molar-refractivity contribution in [3.8, 4) is 0 Å². The lowest BCUT2D eigenvalue weighted by Gasteiger charge is -2.34. The second-order valence-electron chi connectivity index (χ2n) is 6.77. The molecular formula is C19H26N4O3S. The number of imidazole rings is 1. The number of piperazine rings is 1. The van der Waals surface area contributed by atoms with E-state index in [0.717, 1.165) is 32.0 Å². The molecule has 1 aromatic heterocycles. The van der Waals surface area contributed by atoms with Gasteiger partial charge in [0.15, 0.2) is 9.84 Å². The van der Waals surface area contributed by atoms with Crippen LogP contribution in [0, 0.1) is 6.92 Å². The Morgan fingerprint density at radius 1 is 1.07 bits per heavy atom. The first-order chi connectivity index (χ1) is 13.0. The molecule has 0 radical (unpaired) electrons. The standard InChI is InChI=1S/C19H26N4O3S/c1-17-20-8-9-22(17)13-10-21-11-14-23(15-12-21)19(24)7-16-27(25,26)18-5-3-2-4-6-18/h2-6,8-9H,7,10-16H2,1H3. The average molecular weight is 391 g/mol. The van der Waals surface area contributed by atoms with E-state index in [1.165, 1.54) is 0 Å². The third-order valence-corrected chi connectivity index (χ3v) is 6.72. The number of nitrogens with zero attached hydrogens (tertiary/aromatic N) is 4. The molecule has 1 saturated heterocycles. The molecule has 0 N–H and O–H groups in total. The highest BCUT2D eigenvalue weighted by molar-refractivity contribution is 7.91. The van der Waals surface area contributed by atoms with Gasteiger partial charge in [-0.25, -0.2) is 13.4 Å². The molecule has 2 heterocycles. The van der Waals surface area contributed by atoms with Gasteiger partial charge in [0.2, 0.25) is 5.91 Å². The van der Waals surface area contributed by atoms with E-state index in [2.05, 4.69) is 14.5 Å². The van der Waals surface area contributed by atoms with Crippen molar-refractivity contribution in [2.24, 2.45) is 0 Å². The molecule has 0 unspecified atom stereocenters. The van der Waals surface area contributed by atoms with E-state index < -0.39 is 9.84 Å². The monoisotopic (exact) mass is 390 g/mol. The summed E-state index contributed by atoms with van der Waals surface area (Å²) in [6, 6.07) is 8.30. The van der Waals surface area contributed by atoms with Crippen molar-refractivity contribution in [2.75, 3.05) is 38.5 Å². The summed E-state index contributed by atoms with van der Waals surface area (Å²) in [5.74, 6) is 0.777. The summed E-state index contributed by atoms with van der Waals surface area (Å²) < 4.78 is 26.7. The Balaban J connectivity index is 1.42. The Labute approximate surface area is 160 Å². The summed E-state index contributed by atoms with van der Waals surface area (Å²) >= 11 is 0. The van der Waals surface area contributed by atoms with E-state index in [1.807, 2.05) is 13.1 Å². The van der Waals surface area contributed by atoms with E-state index >= 15 is 0 Å². The molecule has 1 amide bonds. The third kappa shape index (κ3) is 5.17. The van der Waals surface area contributed by atoms with Gasteiger partial charge in [-0.05, 0) is 19.1 Å². The Morgan fingerprint density at radius 2 is 1.78 bits per heavy atom. The van der Waals surface area contributed by atoms with Crippen LogP contribution < -0.4 is 0 Å². The van der Waals surface area contributed by atoms with Gasteiger partial charge in [-0.3, -0.25) is 9.69 Å². The minimum atomic E-state index is -3.41. The van der Waals surface area contributed by atoms with Gasteiger partial charge in [0.05, 0.1) is 10.6 Å². The zero-order valence-electron chi connectivity index (χ0n) is 15.6. The highest BCUT2D eigenvalue weighted by Crippen LogP contribution is 2.12. The van der Waals surface area contributed by atoms with Crippen molar-refractivity contribution in [1.29, 1.82) is 0 Å². The van der Waals surface area contributed by atoms with Gasteiger partial charge in [-0.15, -0.1) is 0 Å². The van der Waals surface area contributed by atoms with E-state index in [0.29, 0.717) is 13.1 Å². The fourth-order valence-corrected chi connectivity index (χ4v) is 4.49. The maximum Gasteiger partial charge on any atom is 0.223 e. The predicted molar refractivity (Wildman–Crippen MR) is 103 cm³/mol. The summed E-state index contributed by atoms with van der Waals surface area (Å²) in [6.07, 6.45) is 3.81. The SMILES string of the molecule is Cc1nccn1CCN1CCN(C(=O)CCS(=O)(=O)c2ccccc2)CC1. The first-order valence-corrected chi connectivity index (χ1v) is 10.9. The molecule has 3 rings (SSSR count). The fourth-order valence-electron chi connectivity index (χ4n) is 3.24. The average Bonchev–Trinajstić information content (AvgIpc) is 3.10. The van der Waals surface area contributed by atoms with E-state index in [4.69, 9.17) is 0 Å². The molecule has 0 aliphatic carbocycles. The van der Waals surface area contributed by atoms with Gasteiger partial charge in [0.25, 0.3) is 0 Å². The van der Waals surface area contributed by atoms with Crippen LogP contribution in [0.25, 0.3) is 0 Å². The summed E-state index contributed by atoms with van der Waals surface area (Å²) in [4.78, 5) is 21.0. The number of sulfone groups is 1. The third-order valence-electron chi connectivity index (χ3n) is 4.99. The number of aryl methyl sites for hydroxylation is 1. The van der Waals surface area contributed by atoms with Crippen LogP contribution in [0.2, 0.25) is 0 Å². The maximum atomic E-state index is 12.4. The van der Waals surface area contributed by atoms with Crippen LogP contribution in [0.4, 0.5) is 0 Å². The second-order valence-corrected chi connectivity index (χ2v) is 8.88. The highest BCUT2D eigenvalue weighted by atomic mass is 32.2. The molecule has 146 valence electrons. The largest absolute Gasteiger partial charge is 0.340 e. The first kappa shape index (κ1) is 19.6. The number of carbonyl (C=O) groups is 1. The van der Waals surface area contributed by atoms with Crippen molar-refractivity contribution in [3.05, 3.63) is 48.5 Å². The molecule has 27 heavy (non-hydrogen) atoms. The minimum absolute atomic E-state index is 0.0332. The molecule has 1 aliphatic heterocycles. The molecule has 7 nitrogen and oxygen atoms in total. The van der Waals surface area contributed by atoms with Crippen LogP contribution in [0.5, 0.6) is 0 Å². The Kier molecular flexibility index (Phi) is 6.28.